The van der Waals surface area contributed by atoms with Crippen molar-refractivity contribution in [3.8, 4) is 0 Å². The molecule has 1 rings (SSSR count). The average molecular weight is 324 g/mol. The molecule has 0 saturated heterocycles. The number of sulfonamides is 1. The number of nitrogens with zero attached hydrogens (tertiary/aromatic N) is 3. The summed E-state index contributed by atoms with van der Waals surface area (Å²) < 4.78 is 28.1. The van der Waals surface area contributed by atoms with E-state index in [9.17, 15) is 8.42 Å². The van der Waals surface area contributed by atoms with Crippen molar-refractivity contribution in [3.05, 3.63) is 10.8 Å². The SMILES string of the molecule is CCCCN(CCCO)S(=O)(=O)c1c(C)nn(C)c1Cl. The normalized spacial score (nSPS) is 12.3. The minimum Gasteiger partial charge on any atom is -0.396 e. The molecule has 0 aromatic carbocycles. The van der Waals surface area contributed by atoms with Gasteiger partial charge >= 0.3 is 0 Å². The average Bonchev–Trinajstić information content (AvgIpc) is 2.63. The number of aliphatic hydroxyl groups is 1. The lowest BCUT2D eigenvalue weighted by Crippen LogP contribution is -2.33. The van der Waals surface area contributed by atoms with Crippen molar-refractivity contribution in [2.45, 2.75) is 38.0 Å². The van der Waals surface area contributed by atoms with E-state index in [4.69, 9.17) is 16.7 Å². The van der Waals surface area contributed by atoms with Gasteiger partial charge in [-0.25, -0.2) is 8.42 Å². The minimum absolute atomic E-state index is 0.0438. The van der Waals surface area contributed by atoms with Gasteiger partial charge in [-0.3, -0.25) is 4.68 Å². The van der Waals surface area contributed by atoms with Gasteiger partial charge in [0.2, 0.25) is 10.0 Å². The third-order valence-electron chi connectivity index (χ3n) is 3.02. The van der Waals surface area contributed by atoms with E-state index in [1.54, 1.807) is 14.0 Å². The van der Waals surface area contributed by atoms with Crippen LogP contribution in [-0.2, 0) is 17.1 Å². The van der Waals surface area contributed by atoms with E-state index in [1.165, 1.54) is 8.99 Å². The van der Waals surface area contributed by atoms with Crippen LogP contribution in [0.5, 0.6) is 0 Å². The highest BCUT2D eigenvalue weighted by atomic mass is 35.5. The molecule has 6 nitrogen and oxygen atoms in total. The first kappa shape index (κ1) is 17.4. The molecule has 1 N–H and O–H groups in total. The lowest BCUT2D eigenvalue weighted by atomic mass is 10.3. The number of aromatic nitrogens is 2. The summed E-state index contributed by atoms with van der Waals surface area (Å²) in [6, 6.07) is 0. The molecular formula is C12H22ClN3O3S. The molecule has 0 aliphatic carbocycles. The van der Waals surface area contributed by atoms with Gasteiger partial charge in [0.1, 0.15) is 10.0 Å². The largest absolute Gasteiger partial charge is 0.396 e. The molecule has 0 bridgehead atoms. The van der Waals surface area contributed by atoms with Gasteiger partial charge in [-0.1, -0.05) is 24.9 Å². The summed E-state index contributed by atoms with van der Waals surface area (Å²) in [5.41, 5.74) is 0.392. The van der Waals surface area contributed by atoms with Gasteiger partial charge in [-0.2, -0.15) is 9.40 Å². The van der Waals surface area contributed by atoms with Gasteiger partial charge in [0.05, 0.1) is 5.69 Å². The number of aryl methyl sites for hydroxylation is 2. The zero-order chi connectivity index (χ0) is 15.3. The van der Waals surface area contributed by atoms with Crippen LogP contribution >= 0.6 is 11.6 Å². The van der Waals surface area contributed by atoms with Gasteiger partial charge in [0.25, 0.3) is 0 Å². The molecule has 0 spiro atoms. The number of rotatable bonds is 8. The van der Waals surface area contributed by atoms with Crippen LogP contribution in [0.25, 0.3) is 0 Å². The van der Waals surface area contributed by atoms with Crippen molar-refractivity contribution in [1.29, 1.82) is 0 Å². The van der Waals surface area contributed by atoms with E-state index < -0.39 is 10.0 Å². The monoisotopic (exact) mass is 323 g/mol. The Morgan fingerprint density at radius 2 is 1.95 bits per heavy atom. The maximum Gasteiger partial charge on any atom is 0.248 e. The predicted molar refractivity (Wildman–Crippen MR) is 78.3 cm³/mol. The Hall–Kier alpha value is -0.630. The fraction of sp³-hybridized carbons (Fsp3) is 0.750. The van der Waals surface area contributed by atoms with Crippen molar-refractivity contribution in [2.75, 3.05) is 19.7 Å². The van der Waals surface area contributed by atoms with Gasteiger partial charge in [0, 0.05) is 26.7 Å². The molecule has 0 atom stereocenters. The van der Waals surface area contributed by atoms with Crippen molar-refractivity contribution in [2.24, 2.45) is 7.05 Å². The van der Waals surface area contributed by atoms with Crippen molar-refractivity contribution >= 4 is 21.6 Å². The molecule has 0 aliphatic heterocycles. The Morgan fingerprint density at radius 3 is 2.40 bits per heavy atom. The summed E-state index contributed by atoms with van der Waals surface area (Å²) in [6.07, 6.45) is 2.06. The Kier molecular flexibility index (Phi) is 6.44. The fourth-order valence-electron chi connectivity index (χ4n) is 1.97. The van der Waals surface area contributed by atoms with Gasteiger partial charge < -0.3 is 5.11 Å². The van der Waals surface area contributed by atoms with E-state index in [0.717, 1.165) is 12.8 Å². The van der Waals surface area contributed by atoms with E-state index in [-0.39, 0.29) is 23.2 Å². The van der Waals surface area contributed by atoms with E-state index in [0.29, 0.717) is 18.7 Å². The number of halogens is 1. The highest BCUT2D eigenvalue weighted by molar-refractivity contribution is 7.89. The van der Waals surface area contributed by atoms with Crippen molar-refractivity contribution in [1.82, 2.24) is 14.1 Å². The first-order valence-electron chi connectivity index (χ1n) is 6.66. The minimum atomic E-state index is -3.68. The number of aliphatic hydroxyl groups excluding tert-OH is 1. The summed E-state index contributed by atoms with van der Waals surface area (Å²) in [7, 11) is -2.07. The van der Waals surface area contributed by atoms with E-state index in [2.05, 4.69) is 5.10 Å². The van der Waals surface area contributed by atoms with Crippen LogP contribution in [0.4, 0.5) is 0 Å². The molecule has 0 unspecified atom stereocenters. The maximum absolute atomic E-state index is 12.7. The van der Waals surface area contributed by atoms with Crippen LogP contribution in [0.3, 0.4) is 0 Å². The number of unbranched alkanes of at least 4 members (excludes halogenated alkanes) is 1. The first-order chi connectivity index (χ1) is 9.36. The summed E-state index contributed by atoms with van der Waals surface area (Å²) >= 11 is 6.06. The summed E-state index contributed by atoms with van der Waals surface area (Å²) in [6.45, 7) is 4.28. The third kappa shape index (κ3) is 3.72. The second-order valence-corrected chi connectivity index (χ2v) is 6.90. The molecule has 0 saturated carbocycles. The molecule has 0 aliphatic rings. The Bertz CT molecular complexity index is 534. The van der Waals surface area contributed by atoms with Crippen LogP contribution in [-0.4, -0.2) is 47.3 Å². The number of hydrogen-bond donors (Lipinski definition) is 1. The summed E-state index contributed by atoms with van der Waals surface area (Å²) in [4.78, 5) is 0.0655. The zero-order valence-corrected chi connectivity index (χ0v) is 13.7. The third-order valence-corrected chi connectivity index (χ3v) is 5.62. The van der Waals surface area contributed by atoms with Gasteiger partial charge in [-0.05, 0) is 19.8 Å². The highest BCUT2D eigenvalue weighted by Crippen LogP contribution is 2.27. The van der Waals surface area contributed by atoms with Crippen LogP contribution in [0.2, 0.25) is 5.15 Å². The fourth-order valence-corrected chi connectivity index (χ4v) is 4.19. The van der Waals surface area contributed by atoms with Gasteiger partial charge in [-0.15, -0.1) is 0 Å². The smallest absolute Gasteiger partial charge is 0.248 e. The van der Waals surface area contributed by atoms with Gasteiger partial charge in [0.15, 0.2) is 0 Å². The van der Waals surface area contributed by atoms with E-state index in [1.807, 2.05) is 6.92 Å². The molecule has 116 valence electrons. The molecule has 0 fully saturated rings. The van der Waals surface area contributed by atoms with Crippen LogP contribution in [0.1, 0.15) is 31.9 Å². The predicted octanol–water partition coefficient (Wildman–Crippen LogP) is 1.56. The topological polar surface area (TPSA) is 75.4 Å². The Balaban J connectivity index is 3.14. The highest BCUT2D eigenvalue weighted by Gasteiger charge is 2.30. The molecule has 20 heavy (non-hydrogen) atoms. The molecule has 8 heteroatoms. The van der Waals surface area contributed by atoms with Crippen LogP contribution in [0.15, 0.2) is 4.90 Å². The first-order valence-corrected chi connectivity index (χ1v) is 8.48. The molecule has 1 heterocycles. The molecular weight excluding hydrogens is 302 g/mol. The Labute approximate surface area is 125 Å². The maximum atomic E-state index is 12.7. The lowest BCUT2D eigenvalue weighted by Gasteiger charge is -2.21. The summed E-state index contributed by atoms with van der Waals surface area (Å²) in [5.74, 6) is 0. The van der Waals surface area contributed by atoms with E-state index >= 15 is 0 Å². The van der Waals surface area contributed by atoms with Crippen LogP contribution in [0, 0.1) is 6.92 Å². The lowest BCUT2D eigenvalue weighted by molar-refractivity contribution is 0.268. The molecule has 1 aromatic heterocycles. The standard InChI is InChI=1S/C12H22ClN3O3S/c1-4-5-7-16(8-6-9-17)20(18,19)11-10(2)14-15(3)12(11)13/h17H,4-9H2,1-3H3. The quantitative estimate of drug-likeness (QED) is 0.787. The second-order valence-electron chi connectivity index (χ2n) is 4.66. The molecule has 0 amide bonds. The van der Waals surface area contributed by atoms with Crippen molar-refractivity contribution < 1.29 is 13.5 Å². The zero-order valence-electron chi connectivity index (χ0n) is 12.1. The second kappa shape index (κ2) is 7.40. The molecule has 0 radical (unpaired) electrons. The Morgan fingerprint density at radius 1 is 1.35 bits per heavy atom. The molecule has 1 aromatic rings. The summed E-state index contributed by atoms with van der Waals surface area (Å²) in [5, 5.41) is 13.1. The van der Waals surface area contributed by atoms with Crippen LogP contribution < -0.4 is 0 Å². The van der Waals surface area contributed by atoms with Crippen molar-refractivity contribution in [3.63, 3.8) is 0 Å². The number of hydrogen-bond acceptors (Lipinski definition) is 4.